The number of anilines is 1. The summed E-state index contributed by atoms with van der Waals surface area (Å²) in [4.78, 5) is 31.6. The Labute approximate surface area is 252 Å². The fraction of sp³-hybridized carbons (Fsp3) is 0.226. The second-order valence-electron chi connectivity index (χ2n) is 9.61. The molecule has 0 unspecified atom stereocenters. The molecule has 0 bridgehead atoms. The Hall–Kier alpha value is -4.37. The molecular formula is C31H28FN5O3S2. The fourth-order valence-electron chi connectivity index (χ4n) is 4.42. The summed E-state index contributed by atoms with van der Waals surface area (Å²) >= 11 is 6.59. The lowest BCUT2D eigenvalue weighted by Crippen LogP contribution is -2.35. The molecule has 42 heavy (non-hydrogen) atoms. The van der Waals surface area contributed by atoms with Gasteiger partial charge in [0, 0.05) is 24.0 Å². The number of fused-ring (bicyclic) bond motifs is 1. The van der Waals surface area contributed by atoms with Gasteiger partial charge >= 0.3 is 0 Å². The summed E-state index contributed by atoms with van der Waals surface area (Å²) in [5, 5.41) is 8.33. The number of hydrogen-bond donors (Lipinski definition) is 3. The number of thiocarbonyl (C=S) groups is 1. The quantitative estimate of drug-likeness (QED) is 0.196. The van der Waals surface area contributed by atoms with Gasteiger partial charge in [-0.1, -0.05) is 42.2 Å². The third kappa shape index (κ3) is 8.10. The van der Waals surface area contributed by atoms with Gasteiger partial charge in [-0.3, -0.25) is 19.5 Å². The minimum absolute atomic E-state index is 0.0221. The van der Waals surface area contributed by atoms with Crippen molar-refractivity contribution in [2.24, 2.45) is 0 Å². The molecule has 1 aliphatic rings. The molecule has 0 saturated carbocycles. The molecule has 5 rings (SSSR count). The van der Waals surface area contributed by atoms with Crippen molar-refractivity contribution in [2.45, 2.75) is 19.3 Å². The van der Waals surface area contributed by atoms with Crippen molar-refractivity contribution in [3.8, 4) is 23.3 Å². The molecule has 0 radical (unpaired) electrons. The number of hydrogen-bond acceptors (Lipinski definition) is 7. The van der Waals surface area contributed by atoms with E-state index in [1.807, 2.05) is 36.4 Å². The van der Waals surface area contributed by atoms with Gasteiger partial charge in [0.1, 0.15) is 5.75 Å². The summed E-state index contributed by atoms with van der Waals surface area (Å²) < 4.78 is 21.6. The summed E-state index contributed by atoms with van der Waals surface area (Å²) in [6, 6.07) is 17.1. The highest BCUT2D eigenvalue weighted by Crippen LogP contribution is 2.35. The van der Waals surface area contributed by atoms with E-state index in [4.69, 9.17) is 17.0 Å². The van der Waals surface area contributed by atoms with E-state index in [9.17, 15) is 14.0 Å². The van der Waals surface area contributed by atoms with Gasteiger partial charge in [0.25, 0.3) is 0 Å². The maximum Gasteiger partial charge on any atom is 0.234 e. The van der Waals surface area contributed by atoms with Crippen molar-refractivity contribution in [3.05, 3.63) is 83.1 Å². The van der Waals surface area contributed by atoms with Crippen LogP contribution in [-0.4, -0.2) is 53.0 Å². The highest BCUT2D eigenvalue weighted by atomic mass is 32.1. The molecule has 1 saturated heterocycles. The summed E-state index contributed by atoms with van der Waals surface area (Å²) in [7, 11) is 0. The molecule has 3 N–H and O–H groups in total. The molecule has 1 aliphatic heterocycles. The van der Waals surface area contributed by atoms with Crippen LogP contribution >= 0.6 is 23.6 Å². The van der Waals surface area contributed by atoms with Gasteiger partial charge in [0.15, 0.2) is 16.7 Å². The molecule has 8 nitrogen and oxygen atoms in total. The van der Waals surface area contributed by atoms with Crippen LogP contribution in [0.5, 0.6) is 11.5 Å². The number of carbonyl (C=O) groups excluding carboxylic acids is 2. The number of nitrogens with zero attached hydrogens (tertiary/aromatic N) is 2. The highest BCUT2D eigenvalue weighted by molar-refractivity contribution is 7.80. The van der Waals surface area contributed by atoms with Gasteiger partial charge in [-0.25, -0.2) is 4.39 Å². The Morgan fingerprint density at radius 3 is 2.64 bits per heavy atom. The second kappa shape index (κ2) is 14.0. The molecular weight excluding hydrogens is 574 g/mol. The smallest absolute Gasteiger partial charge is 0.234 e. The number of amides is 2. The van der Waals surface area contributed by atoms with Gasteiger partial charge < -0.3 is 20.7 Å². The van der Waals surface area contributed by atoms with Crippen LogP contribution in [0.25, 0.3) is 10.2 Å². The van der Waals surface area contributed by atoms with Crippen molar-refractivity contribution in [2.75, 3.05) is 31.5 Å². The number of benzene rings is 2. The minimum Gasteiger partial charge on any atom is -0.453 e. The molecule has 0 aliphatic carbocycles. The van der Waals surface area contributed by atoms with Gasteiger partial charge in [-0.2, -0.15) is 0 Å². The second-order valence-corrected chi connectivity index (χ2v) is 11.1. The third-order valence-corrected chi connectivity index (χ3v) is 7.66. The minimum atomic E-state index is -0.607. The zero-order valence-electron chi connectivity index (χ0n) is 22.6. The topological polar surface area (TPSA) is 95.6 Å². The lowest BCUT2D eigenvalue weighted by atomic mass is 10.1. The molecule has 3 heterocycles. The van der Waals surface area contributed by atoms with Crippen LogP contribution in [0.1, 0.15) is 23.3 Å². The van der Waals surface area contributed by atoms with E-state index in [2.05, 4.69) is 37.7 Å². The van der Waals surface area contributed by atoms with Gasteiger partial charge in [-0.05, 0) is 61.9 Å². The van der Waals surface area contributed by atoms with Crippen LogP contribution in [0, 0.1) is 17.7 Å². The lowest BCUT2D eigenvalue weighted by Gasteiger charge is -2.12. The number of rotatable bonds is 8. The molecule has 11 heteroatoms. The Morgan fingerprint density at radius 2 is 1.86 bits per heavy atom. The van der Waals surface area contributed by atoms with Crippen LogP contribution in [0.15, 0.2) is 66.9 Å². The first-order valence-corrected chi connectivity index (χ1v) is 14.6. The molecule has 214 valence electrons. The number of nitrogens with one attached hydrogen (secondary N) is 3. The first-order chi connectivity index (χ1) is 20.4. The Morgan fingerprint density at radius 1 is 1.05 bits per heavy atom. The van der Waals surface area contributed by atoms with Crippen molar-refractivity contribution >= 4 is 56.4 Å². The molecule has 2 amide bonds. The number of halogens is 1. The predicted octanol–water partition coefficient (Wildman–Crippen LogP) is 4.85. The Kier molecular flexibility index (Phi) is 9.71. The van der Waals surface area contributed by atoms with E-state index in [0.717, 1.165) is 41.1 Å². The van der Waals surface area contributed by atoms with Gasteiger partial charge in [0.05, 0.1) is 34.6 Å². The van der Waals surface area contributed by atoms with Crippen molar-refractivity contribution in [1.82, 2.24) is 20.5 Å². The normalized spacial score (nSPS) is 12.8. The number of pyridine rings is 1. The zero-order valence-corrected chi connectivity index (χ0v) is 24.2. The monoisotopic (exact) mass is 601 g/mol. The number of likely N-dealkylation sites (tertiary alicyclic amines) is 1. The average molecular weight is 602 g/mol. The van der Waals surface area contributed by atoms with Gasteiger partial charge in [-0.15, -0.1) is 11.3 Å². The van der Waals surface area contributed by atoms with Crippen LogP contribution in [0.4, 0.5) is 10.1 Å². The van der Waals surface area contributed by atoms with Gasteiger partial charge in [0.2, 0.25) is 11.8 Å². The largest absolute Gasteiger partial charge is 0.453 e. The van der Waals surface area contributed by atoms with E-state index in [-0.39, 0.29) is 35.6 Å². The molecule has 2 aromatic heterocycles. The number of carbonyl (C=O) groups is 2. The summed E-state index contributed by atoms with van der Waals surface area (Å²) in [5.74, 6) is 5.59. The Balaban J connectivity index is 1.17. The van der Waals surface area contributed by atoms with E-state index in [1.54, 1.807) is 18.3 Å². The molecule has 2 aromatic carbocycles. The summed E-state index contributed by atoms with van der Waals surface area (Å²) in [6.07, 6.45) is 4.04. The SMILES string of the molecule is O=C(CN1CCCC1)NCC#Cc1cc2nccc(Oc3ccc(NC(=S)NC(=O)Cc4ccccc4)cc3F)c2s1. The Bertz CT molecular complexity index is 1660. The summed E-state index contributed by atoms with van der Waals surface area (Å²) in [5.41, 5.74) is 1.90. The predicted molar refractivity (Wildman–Crippen MR) is 166 cm³/mol. The van der Waals surface area contributed by atoms with E-state index in [1.165, 1.54) is 23.5 Å². The zero-order chi connectivity index (χ0) is 29.3. The number of aromatic nitrogens is 1. The maximum atomic E-state index is 15.0. The van der Waals surface area contributed by atoms with E-state index in [0.29, 0.717) is 23.5 Å². The standard InChI is InChI=1S/C31H28FN5O3S2/c32-24-18-22(35-31(41)36-28(38)17-21-7-2-1-3-8-21)10-11-26(24)40-27-12-14-33-25-19-23(42-30(25)27)9-6-13-34-29(39)20-37-15-4-5-16-37/h1-3,7-8,10-12,14,18-19H,4-5,13,15-17,20H2,(H,34,39)(H2,35,36,38,41). The highest BCUT2D eigenvalue weighted by Gasteiger charge is 2.15. The molecule has 0 spiro atoms. The van der Waals surface area contributed by atoms with Crippen molar-refractivity contribution in [1.29, 1.82) is 0 Å². The van der Waals surface area contributed by atoms with Crippen molar-refractivity contribution in [3.63, 3.8) is 0 Å². The number of ether oxygens (including phenoxy) is 1. The van der Waals surface area contributed by atoms with Crippen LogP contribution in [0.2, 0.25) is 0 Å². The molecule has 0 atom stereocenters. The van der Waals surface area contributed by atoms with E-state index < -0.39 is 5.82 Å². The summed E-state index contributed by atoms with van der Waals surface area (Å²) in [6.45, 7) is 2.59. The molecule has 1 fully saturated rings. The van der Waals surface area contributed by atoms with Crippen LogP contribution < -0.4 is 20.7 Å². The van der Waals surface area contributed by atoms with Crippen LogP contribution in [-0.2, 0) is 16.0 Å². The van der Waals surface area contributed by atoms with Crippen molar-refractivity contribution < 1.29 is 18.7 Å². The fourth-order valence-corrected chi connectivity index (χ4v) is 5.60. The number of thiophene rings is 1. The van der Waals surface area contributed by atoms with E-state index >= 15 is 0 Å². The first kappa shape index (κ1) is 29.1. The maximum absolute atomic E-state index is 15.0. The first-order valence-electron chi connectivity index (χ1n) is 13.4. The molecule has 4 aromatic rings. The lowest BCUT2D eigenvalue weighted by molar-refractivity contribution is -0.122. The average Bonchev–Trinajstić information content (AvgIpc) is 3.63. The van der Waals surface area contributed by atoms with Crippen LogP contribution in [0.3, 0.4) is 0 Å². The third-order valence-electron chi connectivity index (χ3n) is 6.40.